The van der Waals surface area contributed by atoms with E-state index in [9.17, 15) is 14.4 Å². The Morgan fingerprint density at radius 2 is 1.74 bits per heavy atom. The van der Waals surface area contributed by atoms with Gasteiger partial charge in [0.1, 0.15) is 0 Å². The van der Waals surface area contributed by atoms with E-state index in [1.807, 2.05) is 61.5 Å². The summed E-state index contributed by atoms with van der Waals surface area (Å²) in [5.74, 6) is 0.168. The van der Waals surface area contributed by atoms with E-state index in [0.717, 1.165) is 28.6 Å². The third-order valence-electron chi connectivity index (χ3n) is 5.32. The smallest absolute Gasteiger partial charge is 0.293 e. The minimum Gasteiger partial charge on any atom is -0.493 e. The number of amides is 3. The van der Waals surface area contributed by atoms with E-state index in [0.29, 0.717) is 22.0 Å². The highest BCUT2D eigenvalue weighted by Gasteiger charge is 2.35. The molecule has 7 nitrogen and oxygen atoms in total. The molecule has 0 saturated carbocycles. The van der Waals surface area contributed by atoms with Crippen molar-refractivity contribution in [2.45, 2.75) is 13.5 Å². The molecule has 0 aromatic heterocycles. The van der Waals surface area contributed by atoms with Gasteiger partial charge in [-0.25, -0.2) is 0 Å². The summed E-state index contributed by atoms with van der Waals surface area (Å²) in [6.07, 6.45) is 1.65. The van der Waals surface area contributed by atoms with Crippen LogP contribution in [0.4, 0.5) is 10.5 Å². The Hall–Kier alpha value is -4.04. The molecule has 0 aliphatic carbocycles. The van der Waals surface area contributed by atoms with Crippen molar-refractivity contribution in [1.29, 1.82) is 0 Å². The zero-order valence-corrected chi connectivity index (χ0v) is 20.1. The van der Waals surface area contributed by atoms with Crippen molar-refractivity contribution < 1.29 is 23.9 Å². The maximum absolute atomic E-state index is 12.8. The van der Waals surface area contributed by atoms with Gasteiger partial charge in [0.05, 0.1) is 18.6 Å². The summed E-state index contributed by atoms with van der Waals surface area (Å²) in [6, 6.07) is 21.9. The number of rotatable bonds is 8. The van der Waals surface area contributed by atoms with Crippen molar-refractivity contribution in [2.75, 3.05) is 19.0 Å². The lowest BCUT2D eigenvalue weighted by molar-refractivity contribution is -0.123. The lowest BCUT2D eigenvalue weighted by Gasteiger charge is -2.13. The van der Waals surface area contributed by atoms with Crippen molar-refractivity contribution in [1.82, 2.24) is 4.90 Å². The van der Waals surface area contributed by atoms with Gasteiger partial charge >= 0.3 is 0 Å². The number of hydrogen-bond acceptors (Lipinski definition) is 6. The maximum atomic E-state index is 12.8. The molecule has 1 aliphatic rings. The van der Waals surface area contributed by atoms with Gasteiger partial charge in [-0.1, -0.05) is 54.6 Å². The first-order valence-electron chi connectivity index (χ1n) is 10.9. The third-order valence-corrected chi connectivity index (χ3v) is 6.23. The van der Waals surface area contributed by atoms with Crippen LogP contribution in [0.25, 0.3) is 6.08 Å². The van der Waals surface area contributed by atoms with Gasteiger partial charge in [-0.3, -0.25) is 19.3 Å². The van der Waals surface area contributed by atoms with Crippen molar-refractivity contribution in [3.63, 3.8) is 0 Å². The van der Waals surface area contributed by atoms with Gasteiger partial charge < -0.3 is 14.8 Å². The van der Waals surface area contributed by atoms with E-state index in [1.54, 1.807) is 24.3 Å². The SMILES string of the molecule is COc1cc(/C=C2\SC(=O)N(Cc3ccccc3)C2=O)ccc1OCC(=O)Nc1ccccc1C. The number of para-hydroxylation sites is 1. The molecule has 1 heterocycles. The number of ether oxygens (including phenoxy) is 2. The molecule has 1 N–H and O–H groups in total. The van der Waals surface area contributed by atoms with E-state index < -0.39 is 0 Å². The molecule has 0 bridgehead atoms. The number of anilines is 1. The average molecular weight is 489 g/mol. The fourth-order valence-electron chi connectivity index (χ4n) is 3.49. The van der Waals surface area contributed by atoms with Crippen LogP contribution in [0.3, 0.4) is 0 Å². The summed E-state index contributed by atoms with van der Waals surface area (Å²) in [6.45, 7) is 1.94. The number of aryl methyl sites for hydroxylation is 1. The number of hydrogen-bond donors (Lipinski definition) is 1. The van der Waals surface area contributed by atoms with E-state index in [-0.39, 0.29) is 30.2 Å². The molecule has 3 aromatic carbocycles. The number of imide groups is 1. The van der Waals surface area contributed by atoms with Crippen LogP contribution in [-0.4, -0.2) is 35.7 Å². The normalized spacial score (nSPS) is 14.3. The van der Waals surface area contributed by atoms with Crippen molar-refractivity contribution >= 4 is 40.6 Å². The highest BCUT2D eigenvalue weighted by molar-refractivity contribution is 8.18. The minimum absolute atomic E-state index is 0.192. The highest BCUT2D eigenvalue weighted by Crippen LogP contribution is 2.35. The second-order valence-corrected chi connectivity index (χ2v) is 8.81. The van der Waals surface area contributed by atoms with Crippen LogP contribution >= 0.6 is 11.8 Å². The van der Waals surface area contributed by atoms with E-state index in [2.05, 4.69) is 5.32 Å². The molecule has 0 spiro atoms. The van der Waals surface area contributed by atoms with E-state index in [1.165, 1.54) is 12.0 Å². The van der Waals surface area contributed by atoms with Crippen LogP contribution in [0.1, 0.15) is 16.7 Å². The molecule has 35 heavy (non-hydrogen) atoms. The summed E-state index contributed by atoms with van der Waals surface area (Å²) in [5, 5.41) is 2.51. The largest absolute Gasteiger partial charge is 0.493 e. The molecule has 0 atom stereocenters. The lowest BCUT2D eigenvalue weighted by atomic mass is 10.1. The molecule has 1 saturated heterocycles. The molecule has 178 valence electrons. The van der Waals surface area contributed by atoms with Gasteiger partial charge in [-0.05, 0) is 59.7 Å². The number of thioether (sulfide) groups is 1. The third kappa shape index (κ3) is 5.91. The number of carbonyl (C=O) groups is 3. The van der Waals surface area contributed by atoms with E-state index in [4.69, 9.17) is 9.47 Å². The molecule has 0 radical (unpaired) electrons. The van der Waals surface area contributed by atoms with Gasteiger partial charge in [0.15, 0.2) is 18.1 Å². The predicted molar refractivity (Wildman–Crippen MR) is 136 cm³/mol. The van der Waals surface area contributed by atoms with Gasteiger partial charge in [-0.2, -0.15) is 0 Å². The van der Waals surface area contributed by atoms with Crippen LogP contribution in [0.5, 0.6) is 11.5 Å². The number of carbonyl (C=O) groups excluding carboxylic acids is 3. The monoisotopic (exact) mass is 488 g/mol. The maximum Gasteiger partial charge on any atom is 0.293 e. The Labute approximate surface area is 207 Å². The second-order valence-electron chi connectivity index (χ2n) is 7.82. The molecule has 0 unspecified atom stereocenters. The quantitative estimate of drug-likeness (QED) is 0.436. The topological polar surface area (TPSA) is 84.9 Å². The number of nitrogens with one attached hydrogen (secondary N) is 1. The first kappa shape index (κ1) is 24.1. The first-order chi connectivity index (χ1) is 16.9. The fraction of sp³-hybridized carbons (Fsp3) is 0.148. The van der Waals surface area contributed by atoms with Gasteiger partial charge in [0.25, 0.3) is 17.1 Å². The predicted octanol–water partition coefficient (Wildman–Crippen LogP) is 5.26. The minimum atomic E-state index is -0.337. The standard InChI is InChI=1S/C27H24N2O5S/c1-18-8-6-7-11-21(18)28-25(30)17-34-22-13-12-20(14-23(22)33-2)15-24-26(31)29(27(32)35-24)16-19-9-4-3-5-10-19/h3-15H,16-17H2,1-2H3,(H,28,30)/b24-15-. The Bertz CT molecular complexity index is 1290. The zero-order chi connectivity index (χ0) is 24.8. The average Bonchev–Trinajstić information content (AvgIpc) is 3.12. The summed E-state index contributed by atoms with van der Waals surface area (Å²) in [4.78, 5) is 39.1. The van der Waals surface area contributed by atoms with Crippen LogP contribution in [0.2, 0.25) is 0 Å². The molecule has 3 aromatic rings. The Kier molecular flexibility index (Phi) is 7.52. The molecule has 1 aliphatic heterocycles. The Balaban J connectivity index is 1.42. The highest BCUT2D eigenvalue weighted by atomic mass is 32.2. The Morgan fingerprint density at radius 1 is 1.00 bits per heavy atom. The van der Waals surface area contributed by atoms with Gasteiger partial charge in [0.2, 0.25) is 0 Å². The summed E-state index contributed by atoms with van der Waals surface area (Å²) in [5.41, 5.74) is 3.23. The molecule has 4 rings (SSSR count). The van der Waals surface area contributed by atoms with Crippen LogP contribution in [-0.2, 0) is 16.1 Å². The lowest BCUT2D eigenvalue weighted by Crippen LogP contribution is -2.27. The van der Waals surface area contributed by atoms with Crippen LogP contribution < -0.4 is 14.8 Å². The number of benzene rings is 3. The molecular formula is C27H24N2O5S. The first-order valence-corrected chi connectivity index (χ1v) is 11.7. The Morgan fingerprint density at radius 3 is 2.49 bits per heavy atom. The summed E-state index contributed by atoms with van der Waals surface area (Å²) in [7, 11) is 1.49. The molecule has 1 fully saturated rings. The summed E-state index contributed by atoms with van der Waals surface area (Å²) >= 11 is 0.903. The van der Waals surface area contributed by atoms with Crippen LogP contribution in [0.15, 0.2) is 77.7 Å². The van der Waals surface area contributed by atoms with Gasteiger partial charge in [0, 0.05) is 5.69 Å². The zero-order valence-electron chi connectivity index (χ0n) is 19.3. The van der Waals surface area contributed by atoms with E-state index >= 15 is 0 Å². The molecule has 3 amide bonds. The van der Waals surface area contributed by atoms with Crippen molar-refractivity contribution in [2.24, 2.45) is 0 Å². The van der Waals surface area contributed by atoms with Crippen molar-refractivity contribution in [3.05, 3.63) is 94.4 Å². The number of nitrogens with zero attached hydrogens (tertiary/aromatic N) is 1. The second kappa shape index (κ2) is 10.9. The van der Waals surface area contributed by atoms with Crippen LogP contribution in [0, 0.1) is 6.92 Å². The molecular weight excluding hydrogens is 464 g/mol. The molecule has 8 heteroatoms. The fourth-order valence-corrected chi connectivity index (χ4v) is 4.33. The van der Waals surface area contributed by atoms with Crippen molar-refractivity contribution in [3.8, 4) is 11.5 Å². The van der Waals surface area contributed by atoms with Gasteiger partial charge in [-0.15, -0.1) is 0 Å². The number of methoxy groups -OCH3 is 1. The summed E-state index contributed by atoms with van der Waals surface area (Å²) < 4.78 is 11.1.